The van der Waals surface area contributed by atoms with Crippen LogP contribution in [0.2, 0.25) is 0 Å². The number of rotatable bonds is 12. The number of ether oxygens (including phenoxy) is 1. The Morgan fingerprint density at radius 2 is 1.18 bits per heavy atom. The Morgan fingerprint density at radius 3 is 1.75 bits per heavy atom. The Kier molecular flexibility index (Phi) is 11.6. The third kappa shape index (κ3) is 8.10. The highest BCUT2D eigenvalue weighted by Crippen LogP contribution is 2.44. The van der Waals surface area contributed by atoms with E-state index in [2.05, 4.69) is 59.4 Å². The molecule has 0 saturated heterocycles. The minimum absolute atomic E-state index is 0.0991. The maximum absolute atomic E-state index is 14.0. The molecule has 1 heterocycles. The van der Waals surface area contributed by atoms with Gasteiger partial charge in [0.1, 0.15) is 12.6 Å². The van der Waals surface area contributed by atoms with E-state index in [1.807, 2.05) is 98.8 Å². The molecule has 9 heteroatoms. The first kappa shape index (κ1) is 38.8. The molecule has 290 valence electrons. The highest BCUT2D eigenvalue weighted by molar-refractivity contribution is 6.11. The lowest BCUT2D eigenvalue weighted by Crippen LogP contribution is -2.48. The maximum Gasteiger partial charge on any atom is 0.407 e. The molecule has 0 aromatic heterocycles. The van der Waals surface area contributed by atoms with Crippen molar-refractivity contribution in [2.45, 2.75) is 58.5 Å². The summed E-state index contributed by atoms with van der Waals surface area (Å²) in [6.45, 7) is 8.14. The minimum Gasteiger partial charge on any atom is -0.449 e. The van der Waals surface area contributed by atoms with Gasteiger partial charge in [0.25, 0.3) is 5.91 Å². The van der Waals surface area contributed by atoms with Gasteiger partial charge in [-0.05, 0) is 63.4 Å². The first-order valence-electron chi connectivity index (χ1n) is 19.7. The monoisotopic (exact) mass is 760 g/mol. The van der Waals surface area contributed by atoms with Gasteiger partial charge in [-0.15, -0.1) is 0 Å². The lowest BCUT2D eigenvalue weighted by atomic mass is 9.82. The summed E-state index contributed by atoms with van der Waals surface area (Å²) in [5, 5.41) is 12.1. The summed E-state index contributed by atoms with van der Waals surface area (Å²) in [5.41, 5.74) is 8.96. The number of para-hydroxylation sites is 2. The third-order valence-corrected chi connectivity index (χ3v) is 11.4. The maximum atomic E-state index is 14.0. The summed E-state index contributed by atoms with van der Waals surface area (Å²) in [6, 6.07) is 37.2. The Hall–Kier alpha value is -6.48. The molecule has 9 nitrogen and oxygen atoms in total. The summed E-state index contributed by atoms with van der Waals surface area (Å²) >= 11 is 0. The van der Waals surface area contributed by atoms with E-state index in [4.69, 9.17) is 4.74 Å². The molecule has 57 heavy (non-hydrogen) atoms. The SMILES string of the molecule is CC[C@H](C)[C@H](NC(=O)OCC1c2ccccc2-c2ccccc21)C(=O)Nc1ccccc1-c1ccccc1NC(=O)C=C1c2ccccc2C(=O)N[C@H]1[C@@H](C)CC. The molecule has 0 radical (unpaired) electrons. The largest absolute Gasteiger partial charge is 0.449 e. The summed E-state index contributed by atoms with van der Waals surface area (Å²) in [5.74, 6) is -1.09. The van der Waals surface area contributed by atoms with Crippen molar-refractivity contribution < 1.29 is 23.9 Å². The number of carbonyl (C=O) groups is 4. The molecule has 4 amide bonds. The van der Waals surface area contributed by atoms with Gasteiger partial charge in [-0.3, -0.25) is 14.4 Å². The fraction of sp³-hybridized carbons (Fsp3) is 0.250. The van der Waals surface area contributed by atoms with Gasteiger partial charge in [-0.2, -0.15) is 0 Å². The number of hydrogen-bond donors (Lipinski definition) is 4. The van der Waals surface area contributed by atoms with Gasteiger partial charge < -0.3 is 26.0 Å². The van der Waals surface area contributed by atoms with E-state index in [0.29, 0.717) is 34.5 Å². The van der Waals surface area contributed by atoms with Crippen molar-refractivity contribution in [1.82, 2.24) is 10.6 Å². The molecule has 5 aromatic carbocycles. The van der Waals surface area contributed by atoms with Gasteiger partial charge in [0.2, 0.25) is 11.8 Å². The van der Waals surface area contributed by atoms with Crippen LogP contribution in [0.25, 0.3) is 27.8 Å². The number of hydrogen-bond acceptors (Lipinski definition) is 5. The number of alkyl carbamates (subject to hydrolysis) is 1. The molecule has 0 saturated carbocycles. The second-order valence-electron chi connectivity index (χ2n) is 14.9. The molecule has 1 aliphatic carbocycles. The lowest BCUT2D eigenvalue weighted by molar-refractivity contribution is -0.119. The van der Waals surface area contributed by atoms with Gasteiger partial charge in [0.15, 0.2) is 0 Å². The van der Waals surface area contributed by atoms with Gasteiger partial charge in [0, 0.05) is 40.1 Å². The van der Waals surface area contributed by atoms with E-state index in [-0.39, 0.29) is 48.1 Å². The highest BCUT2D eigenvalue weighted by Gasteiger charge is 2.33. The Bertz CT molecular complexity index is 2310. The van der Waals surface area contributed by atoms with Crippen molar-refractivity contribution in [3.8, 4) is 22.3 Å². The van der Waals surface area contributed by atoms with Crippen molar-refractivity contribution in [3.63, 3.8) is 0 Å². The molecule has 7 rings (SSSR count). The van der Waals surface area contributed by atoms with Crippen LogP contribution in [0.5, 0.6) is 0 Å². The van der Waals surface area contributed by atoms with Crippen LogP contribution < -0.4 is 21.3 Å². The molecule has 0 bridgehead atoms. The standard InChI is InChI=1S/C48H48N4O5/c1-5-29(3)44-39(35-21-11-12-24-38(35)46(54)51-44)27-43(53)49-41-25-15-13-22-36(41)37-23-14-16-26-42(37)50-47(55)45(30(4)6-2)52-48(56)57-28-40-33-19-9-7-17-31(33)32-18-8-10-20-34(32)40/h7-27,29-30,40,44-45H,5-6,28H2,1-4H3,(H,49,53)(H,50,55)(H,51,54)(H,52,56)/t29-,30-,44-,45-/m0/s1. The summed E-state index contributed by atoms with van der Waals surface area (Å²) in [7, 11) is 0. The van der Waals surface area contributed by atoms with Crippen LogP contribution in [0, 0.1) is 11.8 Å². The predicted octanol–water partition coefficient (Wildman–Crippen LogP) is 9.43. The van der Waals surface area contributed by atoms with E-state index in [1.54, 1.807) is 18.2 Å². The summed E-state index contributed by atoms with van der Waals surface area (Å²) < 4.78 is 5.82. The molecule has 2 aliphatic rings. The minimum atomic E-state index is -0.877. The highest BCUT2D eigenvalue weighted by atomic mass is 16.5. The first-order chi connectivity index (χ1) is 27.7. The second kappa shape index (κ2) is 17.1. The van der Waals surface area contributed by atoms with Crippen LogP contribution in [0.15, 0.2) is 127 Å². The van der Waals surface area contributed by atoms with Crippen molar-refractivity contribution in [3.05, 3.63) is 150 Å². The molecule has 0 fully saturated rings. The number of nitrogens with one attached hydrogen (secondary N) is 4. The van der Waals surface area contributed by atoms with E-state index < -0.39 is 12.1 Å². The average Bonchev–Trinajstić information content (AvgIpc) is 3.56. The topological polar surface area (TPSA) is 126 Å². The zero-order valence-corrected chi connectivity index (χ0v) is 32.7. The quantitative estimate of drug-likeness (QED) is 0.0944. The summed E-state index contributed by atoms with van der Waals surface area (Å²) in [4.78, 5) is 54.2. The van der Waals surface area contributed by atoms with Gasteiger partial charge in [-0.25, -0.2) is 4.79 Å². The van der Waals surface area contributed by atoms with Crippen molar-refractivity contribution in [1.29, 1.82) is 0 Å². The Balaban J connectivity index is 1.08. The van der Waals surface area contributed by atoms with Gasteiger partial charge >= 0.3 is 6.09 Å². The number of carbonyl (C=O) groups excluding carboxylic acids is 4. The van der Waals surface area contributed by atoms with E-state index in [9.17, 15) is 19.2 Å². The number of anilines is 2. The van der Waals surface area contributed by atoms with Crippen LogP contribution in [-0.4, -0.2) is 42.5 Å². The third-order valence-electron chi connectivity index (χ3n) is 11.4. The molecule has 5 aromatic rings. The lowest BCUT2D eigenvalue weighted by Gasteiger charge is -2.32. The van der Waals surface area contributed by atoms with Crippen LogP contribution in [0.3, 0.4) is 0 Å². The fourth-order valence-corrected chi connectivity index (χ4v) is 7.89. The summed E-state index contributed by atoms with van der Waals surface area (Å²) in [6.07, 6.45) is 2.37. The normalized spacial score (nSPS) is 16.6. The van der Waals surface area contributed by atoms with Crippen molar-refractivity contribution >= 4 is 40.8 Å². The Morgan fingerprint density at radius 1 is 0.667 bits per heavy atom. The second-order valence-corrected chi connectivity index (χ2v) is 14.9. The van der Waals surface area contributed by atoms with E-state index >= 15 is 0 Å². The van der Waals surface area contributed by atoms with Gasteiger partial charge in [0.05, 0.1) is 6.04 Å². The molecular weight excluding hydrogens is 713 g/mol. The van der Waals surface area contributed by atoms with Crippen LogP contribution in [-0.2, 0) is 14.3 Å². The van der Waals surface area contributed by atoms with Crippen LogP contribution in [0.4, 0.5) is 16.2 Å². The molecule has 0 spiro atoms. The van der Waals surface area contributed by atoms with Gasteiger partial charge in [-0.1, -0.05) is 144 Å². The van der Waals surface area contributed by atoms with E-state index in [1.165, 1.54) is 0 Å². The molecular formula is C48H48N4O5. The number of amides is 4. The smallest absolute Gasteiger partial charge is 0.407 e. The predicted molar refractivity (Wildman–Crippen MR) is 226 cm³/mol. The number of benzene rings is 5. The van der Waals surface area contributed by atoms with Crippen LogP contribution in [0.1, 0.15) is 73.5 Å². The van der Waals surface area contributed by atoms with Crippen molar-refractivity contribution in [2.75, 3.05) is 17.2 Å². The zero-order valence-electron chi connectivity index (χ0n) is 32.7. The molecule has 4 atom stereocenters. The number of fused-ring (bicyclic) bond motifs is 4. The average molecular weight is 761 g/mol. The molecule has 4 N–H and O–H groups in total. The Labute approximate surface area is 333 Å². The van der Waals surface area contributed by atoms with E-state index in [0.717, 1.165) is 39.8 Å². The molecule has 0 unspecified atom stereocenters. The zero-order chi connectivity index (χ0) is 40.1. The fourth-order valence-electron chi connectivity index (χ4n) is 7.89. The van der Waals surface area contributed by atoms with Crippen LogP contribution >= 0.6 is 0 Å². The first-order valence-corrected chi connectivity index (χ1v) is 19.7. The molecule has 1 aliphatic heterocycles. The van der Waals surface area contributed by atoms with Crippen molar-refractivity contribution in [2.24, 2.45) is 11.8 Å².